The highest BCUT2D eigenvalue weighted by atomic mass is 19.1. The molecule has 0 fully saturated rings. The summed E-state index contributed by atoms with van der Waals surface area (Å²) in [5, 5.41) is 6.93. The van der Waals surface area contributed by atoms with E-state index >= 15 is 0 Å². The van der Waals surface area contributed by atoms with Gasteiger partial charge in [-0.1, -0.05) is 12.1 Å². The van der Waals surface area contributed by atoms with Crippen LogP contribution in [0, 0.1) is 5.82 Å². The van der Waals surface area contributed by atoms with E-state index in [2.05, 4.69) is 10.4 Å². The number of aryl methyl sites for hydroxylation is 1. The van der Waals surface area contributed by atoms with Gasteiger partial charge in [0, 0.05) is 12.6 Å². The normalized spacial score (nSPS) is 12.1. The lowest BCUT2D eigenvalue weighted by atomic mass is 10.1. The molecule has 0 aliphatic heterocycles. The second kappa shape index (κ2) is 6.39. The molecule has 0 bridgehead atoms. The van der Waals surface area contributed by atoms with Crippen molar-refractivity contribution < 1.29 is 9.18 Å². The maximum Gasteiger partial charge on any atom is 0.271 e. The number of benzene rings is 1. The van der Waals surface area contributed by atoms with E-state index in [1.807, 2.05) is 13.8 Å². The highest BCUT2D eigenvalue weighted by Crippen LogP contribution is 2.11. The molecular formula is C15H19FN4O. The Kier molecular flexibility index (Phi) is 4.57. The molecule has 6 heteroatoms. The average Bonchev–Trinajstić information content (AvgIpc) is 2.82. The summed E-state index contributed by atoms with van der Waals surface area (Å²) in [5.41, 5.74) is 7.48. The van der Waals surface area contributed by atoms with Crippen molar-refractivity contribution in [2.45, 2.75) is 32.9 Å². The third-order valence-corrected chi connectivity index (χ3v) is 3.22. The Balaban J connectivity index is 2.02. The number of nitrogens with one attached hydrogen (secondary N) is 1. The lowest BCUT2D eigenvalue weighted by molar-refractivity contribution is 0.0930. The lowest BCUT2D eigenvalue weighted by Gasteiger charge is -2.15. The molecule has 0 aliphatic rings. The van der Waals surface area contributed by atoms with Gasteiger partial charge in [-0.15, -0.1) is 0 Å². The Labute approximate surface area is 123 Å². The van der Waals surface area contributed by atoms with Crippen molar-refractivity contribution in [3.63, 3.8) is 0 Å². The molecule has 0 saturated heterocycles. The number of halogens is 1. The molecule has 1 amide bonds. The molecule has 1 aromatic carbocycles. The maximum atomic E-state index is 12.9. The summed E-state index contributed by atoms with van der Waals surface area (Å²) in [6.07, 6.45) is 2.09. The molecule has 0 spiro atoms. The molecule has 1 unspecified atom stereocenters. The minimum absolute atomic E-state index is 0.0948. The van der Waals surface area contributed by atoms with Crippen LogP contribution in [0.4, 0.5) is 10.1 Å². The van der Waals surface area contributed by atoms with Gasteiger partial charge in [0.2, 0.25) is 0 Å². The second-order valence-electron chi connectivity index (χ2n) is 4.97. The van der Waals surface area contributed by atoms with Gasteiger partial charge >= 0.3 is 0 Å². The van der Waals surface area contributed by atoms with Crippen LogP contribution in [-0.2, 0) is 13.0 Å². The fourth-order valence-corrected chi connectivity index (χ4v) is 2.21. The van der Waals surface area contributed by atoms with Crippen molar-refractivity contribution in [2.24, 2.45) is 0 Å². The number of hydrogen-bond donors (Lipinski definition) is 2. The standard InChI is InChI=1S/C15H19FN4O/c1-3-20-14(13(17)9-18-20)15(21)19-10(2)8-11-4-6-12(16)7-5-11/h4-7,9-10H,3,8,17H2,1-2H3,(H,19,21). The monoisotopic (exact) mass is 290 g/mol. The Morgan fingerprint density at radius 3 is 2.71 bits per heavy atom. The third kappa shape index (κ3) is 3.59. The molecule has 112 valence electrons. The molecule has 1 heterocycles. The highest BCUT2D eigenvalue weighted by molar-refractivity contribution is 5.97. The van der Waals surface area contributed by atoms with Crippen LogP contribution in [0.25, 0.3) is 0 Å². The van der Waals surface area contributed by atoms with Gasteiger partial charge < -0.3 is 11.1 Å². The Bertz CT molecular complexity index is 621. The van der Waals surface area contributed by atoms with Crippen LogP contribution in [-0.4, -0.2) is 21.7 Å². The first-order chi connectivity index (χ1) is 10.0. The van der Waals surface area contributed by atoms with Crippen molar-refractivity contribution in [3.05, 3.63) is 47.5 Å². The van der Waals surface area contributed by atoms with Crippen LogP contribution >= 0.6 is 0 Å². The van der Waals surface area contributed by atoms with Gasteiger partial charge in [-0.25, -0.2) is 4.39 Å². The smallest absolute Gasteiger partial charge is 0.271 e. The van der Waals surface area contributed by atoms with Crippen molar-refractivity contribution in [1.29, 1.82) is 0 Å². The fraction of sp³-hybridized carbons (Fsp3) is 0.333. The summed E-state index contributed by atoms with van der Waals surface area (Å²) in [7, 11) is 0. The van der Waals surface area contributed by atoms with Gasteiger partial charge in [0.15, 0.2) is 0 Å². The van der Waals surface area contributed by atoms with E-state index in [4.69, 9.17) is 5.73 Å². The Morgan fingerprint density at radius 2 is 2.10 bits per heavy atom. The number of carbonyl (C=O) groups is 1. The van der Waals surface area contributed by atoms with Crippen LogP contribution in [0.5, 0.6) is 0 Å². The molecule has 2 aromatic rings. The summed E-state index contributed by atoms with van der Waals surface area (Å²) in [5.74, 6) is -0.517. The summed E-state index contributed by atoms with van der Waals surface area (Å²) in [4.78, 5) is 12.2. The van der Waals surface area contributed by atoms with E-state index in [9.17, 15) is 9.18 Å². The molecule has 3 N–H and O–H groups in total. The molecule has 21 heavy (non-hydrogen) atoms. The molecule has 2 rings (SSSR count). The van der Waals surface area contributed by atoms with Crippen LogP contribution in [0.2, 0.25) is 0 Å². The summed E-state index contributed by atoms with van der Waals surface area (Å²) in [6, 6.07) is 6.15. The van der Waals surface area contributed by atoms with E-state index in [1.54, 1.807) is 16.8 Å². The van der Waals surface area contributed by atoms with Gasteiger partial charge in [0.05, 0.1) is 11.9 Å². The van der Waals surface area contributed by atoms with E-state index < -0.39 is 0 Å². The van der Waals surface area contributed by atoms with E-state index in [0.717, 1.165) is 5.56 Å². The SMILES string of the molecule is CCn1ncc(N)c1C(=O)NC(C)Cc1ccc(F)cc1. The van der Waals surface area contributed by atoms with Crippen LogP contribution in [0.15, 0.2) is 30.5 Å². The van der Waals surface area contributed by atoms with E-state index in [1.165, 1.54) is 18.3 Å². The van der Waals surface area contributed by atoms with Gasteiger partial charge in [0.1, 0.15) is 11.5 Å². The lowest BCUT2D eigenvalue weighted by Crippen LogP contribution is -2.35. The number of nitrogens with two attached hydrogens (primary N) is 1. The van der Waals surface area contributed by atoms with E-state index in [-0.39, 0.29) is 17.8 Å². The first-order valence-corrected chi connectivity index (χ1v) is 6.87. The van der Waals surface area contributed by atoms with Crippen molar-refractivity contribution >= 4 is 11.6 Å². The Hall–Kier alpha value is -2.37. The first kappa shape index (κ1) is 15.0. The summed E-state index contributed by atoms with van der Waals surface area (Å²) in [6.45, 7) is 4.36. The highest BCUT2D eigenvalue weighted by Gasteiger charge is 2.18. The first-order valence-electron chi connectivity index (χ1n) is 6.87. The number of nitrogens with zero attached hydrogens (tertiary/aromatic N) is 2. The van der Waals surface area contributed by atoms with E-state index in [0.29, 0.717) is 24.3 Å². The van der Waals surface area contributed by atoms with Gasteiger partial charge in [-0.3, -0.25) is 9.48 Å². The maximum absolute atomic E-state index is 12.9. The number of hydrogen-bond acceptors (Lipinski definition) is 3. The van der Waals surface area contributed by atoms with Crippen molar-refractivity contribution in [3.8, 4) is 0 Å². The second-order valence-corrected chi connectivity index (χ2v) is 4.97. The molecule has 5 nitrogen and oxygen atoms in total. The number of aromatic nitrogens is 2. The predicted octanol–water partition coefficient (Wildman–Crippen LogP) is 1.99. The summed E-state index contributed by atoms with van der Waals surface area (Å²) < 4.78 is 14.4. The van der Waals surface area contributed by atoms with Gasteiger partial charge in [0.25, 0.3) is 5.91 Å². The zero-order valence-electron chi connectivity index (χ0n) is 12.1. The molecule has 0 aliphatic carbocycles. The molecule has 0 saturated carbocycles. The van der Waals surface area contributed by atoms with Crippen molar-refractivity contribution in [1.82, 2.24) is 15.1 Å². The topological polar surface area (TPSA) is 72.9 Å². The molecule has 0 radical (unpaired) electrons. The minimum atomic E-state index is -0.268. The Morgan fingerprint density at radius 1 is 1.43 bits per heavy atom. The van der Waals surface area contributed by atoms with Crippen LogP contribution in [0.1, 0.15) is 29.9 Å². The van der Waals surface area contributed by atoms with Crippen LogP contribution in [0.3, 0.4) is 0 Å². The van der Waals surface area contributed by atoms with Gasteiger partial charge in [-0.2, -0.15) is 5.10 Å². The summed E-state index contributed by atoms with van der Waals surface area (Å²) >= 11 is 0. The minimum Gasteiger partial charge on any atom is -0.396 e. The molecule has 1 aromatic heterocycles. The quantitative estimate of drug-likeness (QED) is 0.884. The van der Waals surface area contributed by atoms with Crippen molar-refractivity contribution in [2.75, 3.05) is 5.73 Å². The zero-order chi connectivity index (χ0) is 15.4. The average molecular weight is 290 g/mol. The number of nitrogen functional groups attached to an aromatic ring is 1. The molecular weight excluding hydrogens is 271 g/mol. The number of amides is 1. The van der Waals surface area contributed by atoms with Gasteiger partial charge in [-0.05, 0) is 38.0 Å². The third-order valence-electron chi connectivity index (χ3n) is 3.22. The zero-order valence-corrected chi connectivity index (χ0v) is 12.1. The van der Waals surface area contributed by atoms with Crippen LogP contribution < -0.4 is 11.1 Å². The largest absolute Gasteiger partial charge is 0.396 e. The number of rotatable bonds is 5. The number of carbonyl (C=O) groups excluding carboxylic acids is 1. The fourth-order valence-electron chi connectivity index (χ4n) is 2.21. The predicted molar refractivity (Wildman–Crippen MR) is 79.3 cm³/mol. The molecule has 1 atom stereocenters. The number of anilines is 1.